The standard InChI is InChI=1S/C21H25ClN2.ClH/c1-21(2)14-24(11-10-23-21)20-13-18(15-6-4-3-5-7-15)17-9-8-16(22)12-19(17)20;/h3-9,12,18,20,23H,10-11,13-14H2,1-2H3;1H/t18-,20+;/m0./s1. The summed E-state index contributed by atoms with van der Waals surface area (Å²) in [4.78, 5) is 2.65. The van der Waals surface area contributed by atoms with Gasteiger partial charge >= 0.3 is 0 Å². The Labute approximate surface area is 162 Å². The predicted octanol–water partition coefficient (Wildman–Crippen LogP) is 5.02. The molecule has 0 bridgehead atoms. The molecule has 2 aromatic rings. The van der Waals surface area contributed by atoms with Gasteiger partial charge in [0.15, 0.2) is 0 Å². The minimum absolute atomic E-state index is 0. The monoisotopic (exact) mass is 376 g/mol. The maximum Gasteiger partial charge on any atom is 0.0409 e. The molecule has 0 spiro atoms. The van der Waals surface area contributed by atoms with Gasteiger partial charge < -0.3 is 5.32 Å². The van der Waals surface area contributed by atoms with E-state index in [9.17, 15) is 0 Å². The first kappa shape index (κ1) is 18.7. The van der Waals surface area contributed by atoms with E-state index in [1.54, 1.807) is 0 Å². The molecule has 1 heterocycles. The van der Waals surface area contributed by atoms with Crippen molar-refractivity contribution in [2.24, 2.45) is 0 Å². The van der Waals surface area contributed by atoms with Crippen molar-refractivity contribution in [3.05, 3.63) is 70.2 Å². The second-order valence-electron chi connectivity index (χ2n) is 7.77. The van der Waals surface area contributed by atoms with Gasteiger partial charge in [0, 0.05) is 42.2 Å². The molecule has 25 heavy (non-hydrogen) atoms. The zero-order valence-corrected chi connectivity index (χ0v) is 16.4. The van der Waals surface area contributed by atoms with Gasteiger partial charge in [0.1, 0.15) is 0 Å². The molecule has 1 aliphatic heterocycles. The Hall–Kier alpha value is -1.06. The number of halogens is 2. The van der Waals surface area contributed by atoms with Crippen LogP contribution in [0, 0.1) is 0 Å². The maximum atomic E-state index is 6.35. The van der Waals surface area contributed by atoms with Crippen LogP contribution < -0.4 is 5.32 Å². The lowest BCUT2D eigenvalue weighted by Crippen LogP contribution is -2.57. The van der Waals surface area contributed by atoms with Crippen molar-refractivity contribution in [2.75, 3.05) is 19.6 Å². The molecular weight excluding hydrogens is 351 g/mol. The van der Waals surface area contributed by atoms with Gasteiger partial charge in [-0.3, -0.25) is 4.90 Å². The van der Waals surface area contributed by atoms with Crippen LogP contribution in [0.3, 0.4) is 0 Å². The molecular formula is C21H26Cl2N2. The molecule has 0 saturated carbocycles. The molecule has 0 aromatic heterocycles. The Bertz CT molecular complexity index is 730. The minimum atomic E-state index is 0. The summed E-state index contributed by atoms with van der Waals surface area (Å²) in [5.74, 6) is 0.474. The minimum Gasteiger partial charge on any atom is -0.309 e. The number of hydrogen-bond donors (Lipinski definition) is 1. The van der Waals surface area contributed by atoms with E-state index in [4.69, 9.17) is 11.6 Å². The third-order valence-corrected chi connectivity index (χ3v) is 5.72. The molecule has 0 radical (unpaired) electrons. The Morgan fingerprint density at radius 1 is 1.08 bits per heavy atom. The van der Waals surface area contributed by atoms with Gasteiger partial charge in [0.2, 0.25) is 0 Å². The quantitative estimate of drug-likeness (QED) is 0.790. The number of benzene rings is 2. The molecule has 1 aliphatic carbocycles. The molecule has 1 fully saturated rings. The van der Waals surface area contributed by atoms with E-state index in [0.29, 0.717) is 12.0 Å². The molecule has 2 nitrogen and oxygen atoms in total. The fourth-order valence-electron chi connectivity index (χ4n) is 4.42. The SMILES string of the molecule is CC1(C)CN([C@@H]2C[C@@H](c3ccccc3)c3ccc(Cl)cc32)CCN1.Cl. The molecule has 134 valence electrons. The molecule has 0 amide bonds. The van der Waals surface area contributed by atoms with Gasteiger partial charge in [-0.1, -0.05) is 48.0 Å². The van der Waals surface area contributed by atoms with Crippen LogP contribution in [-0.2, 0) is 0 Å². The van der Waals surface area contributed by atoms with Crippen LogP contribution in [0.5, 0.6) is 0 Å². The van der Waals surface area contributed by atoms with Gasteiger partial charge in [-0.25, -0.2) is 0 Å². The summed E-state index contributed by atoms with van der Waals surface area (Å²) in [6.45, 7) is 7.81. The molecule has 2 atom stereocenters. The topological polar surface area (TPSA) is 15.3 Å². The van der Waals surface area contributed by atoms with Gasteiger partial charge in [0.05, 0.1) is 0 Å². The summed E-state index contributed by atoms with van der Waals surface area (Å²) in [5.41, 5.74) is 4.46. The number of piperazine rings is 1. The number of nitrogens with zero attached hydrogens (tertiary/aromatic N) is 1. The zero-order valence-electron chi connectivity index (χ0n) is 14.8. The summed E-state index contributed by atoms with van der Waals surface area (Å²) < 4.78 is 0. The maximum absolute atomic E-state index is 6.35. The molecule has 0 unspecified atom stereocenters. The van der Waals surface area contributed by atoms with Gasteiger partial charge in [-0.2, -0.15) is 0 Å². The van der Waals surface area contributed by atoms with Gasteiger partial charge in [-0.05, 0) is 49.1 Å². The molecule has 4 heteroatoms. The molecule has 2 aliphatic rings. The second-order valence-corrected chi connectivity index (χ2v) is 8.21. The van der Waals surface area contributed by atoms with Crippen LogP contribution in [0.15, 0.2) is 48.5 Å². The van der Waals surface area contributed by atoms with E-state index >= 15 is 0 Å². The van der Waals surface area contributed by atoms with Crippen molar-refractivity contribution >= 4 is 24.0 Å². The van der Waals surface area contributed by atoms with Crippen LogP contribution in [0.1, 0.15) is 48.9 Å². The fraction of sp³-hybridized carbons (Fsp3) is 0.429. The highest BCUT2D eigenvalue weighted by atomic mass is 35.5. The lowest BCUT2D eigenvalue weighted by molar-refractivity contribution is 0.107. The van der Waals surface area contributed by atoms with Gasteiger partial charge in [-0.15, -0.1) is 12.4 Å². The van der Waals surface area contributed by atoms with Crippen molar-refractivity contribution in [1.82, 2.24) is 10.2 Å². The fourth-order valence-corrected chi connectivity index (χ4v) is 4.60. The smallest absolute Gasteiger partial charge is 0.0409 e. The van der Waals surface area contributed by atoms with E-state index < -0.39 is 0 Å². The molecule has 4 rings (SSSR count). The van der Waals surface area contributed by atoms with Crippen molar-refractivity contribution in [3.63, 3.8) is 0 Å². The summed E-state index contributed by atoms with van der Waals surface area (Å²) >= 11 is 6.35. The van der Waals surface area contributed by atoms with Crippen molar-refractivity contribution in [1.29, 1.82) is 0 Å². The number of hydrogen-bond acceptors (Lipinski definition) is 2. The van der Waals surface area contributed by atoms with Crippen molar-refractivity contribution in [3.8, 4) is 0 Å². The Morgan fingerprint density at radius 3 is 2.56 bits per heavy atom. The first-order valence-electron chi connectivity index (χ1n) is 8.87. The first-order chi connectivity index (χ1) is 11.5. The highest BCUT2D eigenvalue weighted by molar-refractivity contribution is 6.30. The summed E-state index contributed by atoms with van der Waals surface area (Å²) in [6.07, 6.45) is 1.15. The Morgan fingerprint density at radius 2 is 1.84 bits per heavy atom. The molecule has 1 saturated heterocycles. The Balaban J connectivity index is 0.00000182. The number of rotatable bonds is 2. The number of fused-ring (bicyclic) bond motifs is 1. The molecule has 1 N–H and O–H groups in total. The lowest BCUT2D eigenvalue weighted by atomic mass is 9.93. The Kier molecular flexibility index (Phi) is 5.45. The average molecular weight is 377 g/mol. The summed E-state index contributed by atoms with van der Waals surface area (Å²) in [7, 11) is 0. The van der Waals surface area contributed by atoms with E-state index in [1.165, 1.54) is 16.7 Å². The molecule has 2 aromatic carbocycles. The highest BCUT2D eigenvalue weighted by Gasteiger charge is 2.38. The third kappa shape index (κ3) is 3.73. The first-order valence-corrected chi connectivity index (χ1v) is 9.25. The number of nitrogens with one attached hydrogen (secondary N) is 1. The lowest BCUT2D eigenvalue weighted by Gasteiger charge is -2.42. The predicted molar refractivity (Wildman–Crippen MR) is 108 cm³/mol. The van der Waals surface area contributed by atoms with Crippen LogP contribution in [0.25, 0.3) is 0 Å². The zero-order chi connectivity index (χ0) is 16.7. The van der Waals surface area contributed by atoms with Crippen molar-refractivity contribution < 1.29 is 0 Å². The second kappa shape index (κ2) is 7.28. The van der Waals surface area contributed by atoms with E-state index in [0.717, 1.165) is 31.1 Å². The van der Waals surface area contributed by atoms with Crippen molar-refractivity contribution in [2.45, 2.75) is 37.8 Å². The normalized spacial score (nSPS) is 25.2. The third-order valence-electron chi connectivity index (χ3n) is 5.49. The highest BCUT2D eigenvalue weighted by Crippen LogP contribution is 2.47. The largest absolute Gasteiger partial charge is 0.309 e. The van der Waals surface area contributed by atoms with Gasteiger partial charge in [0.25, 0.3) is 0 Å². The summed E-state index contributed by atoms with van der Waals surface area (Å²) in [5, 5.41) is 4.47. The van der Waals surface area contributed by atoms with E-state index in [2.05, 4.69) is 66.5 Å². The van der Waals surface area contributed by atoms with E-state index in [1.807, 2.05) is 6.07 Å². The van der Waals surface area contributed by atoms with Crippen LogP contribution in [0.2, 0.25) is 5.02 Å². The van der Waals surface area contributed by atoms with E-state index in [-0.39, 0.29) is 17.9 Å². The van der Waals surface area contributed by atoms with Crippen LogP contribution in [0.4, 0.5) is 0 Å². The van der Waals surface area contributed by atoms with Crippen LogP contribution in [-0.4, -0.2) is 30.1 Å². The summed E-state index contributed by atoms with van der Waals surface area (Å²) in [6, 6.07) is 17.8. The average Bonchev–Trinajstić information content (AvgIpc) is 2.93. The van der Waals surface area contributed by atoms with Crippen LogP contribution >= 0.6 is 24.0 Å².